The molecule has 9 rings (SSSR count). The predicted molar refractivity (Wildman–Crippen MR) is 162 cm³/mol. The Morgan fingerprint density at radius 1 is 0.500 bits per heavy atom. The van der Waals surface area contributed by atoms with Gasteiger partial charge < -0.3 is 9.15 Å². The molecule has 1 aromatic heterocycles. The molecule has 7 aromatic rings. The first-order valence-electron chi connectivity index (χ1n) is 13.5. The summed E-state index contributed by atoms with van der Waals surface area (Å²) in [5, 5.41) is 2.74. The van der Waals surface area contributed by atoms with E-state index in [0.717, 1.165) is 44.6 Å². The number of fused-ring (bicyclic) bond motifs is 12. The topological polar surface area (TPSA) is 22.4 Å². The maximum Gasteiger partial charge on any atom is 0.153 e. The number of halogens is 1. The minimum absolute atomic E-state index is 0.449. The van der Waals surface area contributed by atoms with Gasteiger partial charge in [-0.15, -0.1) is 0 Å². The van der Waals surface area contributed by atoms with Gasteiger partial charge in [-0.25, -0.2) is 0 Å². The highest BCUT2D eigenvalue weighted by atomic mass is 35.5. The van der Waals surface area contributed by atoms with E-state index in [0.29, 0.717) is 5.02 Å². The van der Waals surface area contributed by atoms with Crippen LogP contribution in [0.1, 0.15) is 22.3 Å². The van der Waals surface area contributed by atoms with Crippen molar-refractivity contribution in [3.63, 3.8) is 0 Å². The standard InChI is InChI=1S/C37H21ClO2/c38-32-13-7-9-26-25-18-16-23(21-35(25)40-36(26)32)22-17-19-29-27(20-22)24-8-1-2-10-28(24)37(29)30-11-3-5-14-33(30)39-34-15-6-4-12-31(34)37/h1-21H. The predicted octanol–water partition coefficient (Wildman–Crippen LogP) is 10.4. The van der Waals surface area contributed by atoms with E-state index in [1.807, 2.05) is 24.3 Å². The van der Waals surface area contributed by atoms with Gasteiger partial charge in [0.1, 0.15) is 17.1 Å². The second-order valence-corrected chi connectivity index (χ2v) is 11.0. The smallest absolute Gasteiger partial charge is 0.153 e. The summed E-state index contributed by atoms with van der Waals surface area (Å²) in [7, 11) is 0. The van der Waals surface area contributed by atoms with Crippen molar-refractivity contribution in [3.8, 4) is 33.8 Å². The average molecular weight is 533 g/mol. The summed E-state index contributed by atoms with van der Waals surface area (Å²) in [5.74, 6) is 1.81. The molecule has 0 saturated carbocycles. The molecule has 0 radical (unpaired) electrons. The fourth-order valence-corrected chi connectivity index (χ4v) is 7.20. The molecule has 2 heterocycles. The van der Waals surface area contributed by atoms with Crippen molar-refractivity contribution in [1.82, 2.24) is 0 Å². The summed E-state index contributed by atoms with van der Waals surface area (Å²) in [6.07, 6.45) is 0. The van der Waals surface area contributed by atoms with Crippen LogP contribution in [0.3, 0.4) is 0 Å². The number of hydrogen-bond acceptors (Lipinski definition) is 2. The second kappa shape index (κ2) is 7.88. The Kier molecular flexibility index (Phi) is 4.35. The highest BCUT2D eigenvalue weighted by molar-refractivity contribution is 6.35. The van der Waals surface area contributed by atoms with Crippen molar-refractivity contribution in [3.05, 3.63) is 155 Å². The van der Waals surface area contributed by atoms with Crippen molar-refractivity contribution >= 4 is 33.5 Å². The van der Waals surface area contributed by atoms with Crippen LogP contribution in [0.25, 0.3) is 44.2 Å². The molecular weight excluding hydrogens is 512 g/mol. The third kappa shape index (κ3) is 2.74. The first-order valence-corrected chi connectivity index (χ1v) is 13.8. The lowest BCUT2D eigenvalue weighted by Gasteiger charge is -2.39. The first-order chi connectivity index (χ1) is 19.7. The van der Waals surface area contributed by atoms with Gasteiger partial charge in [0, 0.05) is 21.9 Å². The van der Waals surface area contributed by atoms with Gasteiger partial charge >= 0.3 is 0 Å². The molecule has 2 aliphatic rings. The average Bonchev–Trinajstić information content (AvgIpc) is 3.52. The van der Waals surface area contributed by atoms with Crippen LogP contribution in [-0.4, -0.2) is 0 Å². The van der Waals surface area contributed by atoms with Gasteiger partial charge in [-0.05, 0) is 69.8 Å². The SMILES string of the molecule is Clc1cccc2c1oc1cc(-c3ccc4c(c3)-c3ccccc3C43c4ccccc4Oc4ccccc43)ccc12. The number of hydrogen-bond donors (Lipinski definition) is 0. The molecule has 0 N–H and O–H groups in total. The number of ether oxygens (including phenoxy) is 1. The summed E-state index contributed by atoms with van der Waals surface area (Å²) in [4.78, 5) is 0. The number of rotatable bonds is 1. The third-order valence-corrected chi connectivity index (χ3v) is 8.93. The molecule has 6 aromatic carbocycles. The molecule has 188 valence electrons. The molecule has 0 unspecified atom stereocenters. The lowest BCUT2D eigenvalue weighted by Crippen LogP contribution is -2.32. The largest absolute Gasteiger partial charge is 0.457 e. The normalized spacial score (nSPS) is 14.0. The van der Waals surface area contributed by atoms with Gasteiger partial charge in [0.2, 0.25) is 0 Å². The Morgan fingerprint density at radius 2 is 1.15 bits per heavy atom. The molecule has 0 fully saturated rings. The molecule has 1 aliphatic heterocycles. The third-order valence-electron chi connectivity index (χ3n) is 8.63. The quantitative estimate of drug-likeness (QED) is 0.210. The zero-order valence-corrected chi connectivity index (χ0v) is 22.1. The molecule has 0 atom stereocenters. The zero-order valence-electron chi connectivity index (χ0n) is 21.3. The molecule has 1 aliphatic carbocycles. The Labute approximate surface area is 236 Å². The van der Waals surface area contributed by atoms with E-state index < -0.39 is 5.41 Å². The van der Waals surface area contributed by atoms with Crippen LogP contribution in [0.5, 0.6) is 11.5 Å². The summed E-state index contributed by atoms with van der Waals surface area (Å²) in [6.45, 7) is 0. The van der Waals surface area contributed by atoms with Crippen molar-refractivity contribution in [2.75, 3.05) is 0 Å². The Hall–Kier alpha value is -4.79. The maximum absolute atomic E-state index is 6.44. The maximum atomic E-state index is 6.44. The van der Waals surface area contributed by atoms with Gasteiger partial charge in [0.05, 0.1) is 10.4 Å². The second-order valence-electron chi connectivity index (χ2n) is 10.6. The lowest BCUT2D eigenvalue weighted by atomic mass is 9.66. The number of para-hydroxylation sites is 3. The number of furan rings is 1. The molecule has 3 heteroatoms. The zero-order chi connectivity index (χ0) is 26.4. The van der Waals surface area contributed by atoms with Crippen molar-refractivity contribution in [2.24, 2.45) is 0 Å². The van der Waals surface area contributed by atoms with E-state index >= 15 is 0 Å². The molecule has 0 saturated heterocycles. The fourth-order valence-electron chi connectivity index (χ4n) is 6.98. The minimum atomic E-state index is -0.449. The van der Waals surface area contributed by atoms with E-state index in [1.165, 1.54) is 33.4 Å². The van der Waals surface area contributed by atoms with Crippen LogP contribution >= 0.6 is 11.6 Å². The van der Waals surface area contributed by atoms with Gasteiger partial charge in [-0.2, -0.15) is 0 Å². The van der Waals surface area contributed by atoms with Crippen molar-refractivity contribution in [1.29, 1.82) is 0 Å². The summed E-state index contributed by atoms with van der Waals surface area (Å²) in [6, 6.07) is 44.9. The van der Waals surface area contributed by atoms with E-state index in [1.54, 1.807) is 0 Å². The van der Waals surface area contributed by atoms with Crippen molar-refractivity contribution in [2.45, 2.75) is 5.41 Å². The van der Waals surface area contributed by atoms with Crippen LogP contribution in [-0.2, 0) is 5.41 Å². The van der Waals surface area contributed by atoms with Gasteiger partial charge in [0.25, 0.3) is 0 Å². The Morgan fingerprint density at radius 3 is 1.95 bits per heavy atom. The Bertz CT molecular complexity index is 2120. The summed E-state index contributed by atoms with van der Waals surface area (Å²) >= 11 is 6.44. The molecule has 1 spiro atoms. The number of benzene rings is 6. The molecule has 2 nitrogen and oxygen atoms in total. The first kappa shape index (κ1) is 22.1. The highest BCUT2D eigenvalue weighted by Gasteiger charge is 2.50. The van der Waals surface area contributed by atoms with Crippen LogP contribution in [0, 0.1) is 0 Å². The van der Waals surface area contributed by atoms with Gasteiger partial charge in [0.15, 0.2) is 5.58 Å². The van der Waals surface area contributed by atoms with E-state index in [-0.39, 0.29) is 0 Å². The molecule has 0 bridgehead atoms. The monoisotopic (exact) mass is 532 g/mol. The van der Waals surface area contributed by atoms with Crippen LogP contribution in [0.4, 0.5) is 0 Å². The van der Waals surface area contributed by atoms with E-state index in [4.69, 9.17) is 20.8 Å². The molecule has 0 amide bonds. The molecule has 40 heavy (non-hydrogen) atoms. The minimum Gasteiger partial charge on any atom is -0.457 e. The fraction of sp³-hybridized carbons (Fsp3) is 0.0270. The van der Waals surface area contributed by atoms with Crippen LogP contribution in [0.2, 0.25) is 5.02 Å². The Balaban J connectivity index is 1.31. The van der Waals surface area contributed by atoms with E-state index in [2.05, 4.69) is 103 Å². The highest BCUT2D eigenvalue weighted by Crippen LogP contribution is 2.62. The summed E-state index contributed by atoms with van der Waals surface area (Å²) < 4.78 is 12.7. The van der Waals surface area contributed by atoms with Gasteiger partial charge in [-0.1, -0.05) is 103 Å². The van der Waals surface area contributed by atoms with Crippen molar-refractivity contribution < 1.29 is 9.15 Å². The van der Waals surface area contributed by atoms with Gasteiger partial charge in [-0.3, -0.25) is 0 Å². The van der Waals surface area contributed by atoms with Crippen LogP contribution in [0.15, 0.2) is 132 Å². The molecular formula is C37H21ClO2. The van der Waals surface area contributed by atoms with Crippen LogP contribution < -0.4 is 4.74 Å². The lowest BCUT2D eigenvalue weighted by molar-refractivity contribution is 0.436. The van der Waals surface area contributed by atoms with E-state index in [9.17, 15) is 0 Å². The summed E-state index contributed by atoms with van der Waals surface area (Å²) in [5.41, 5.74) is 10.8.